The summed E-state index contributed by atoms with van der Waals surface area (Å²) in [4.78, 5) is 42.0. The van der Waals surface area contributed by atoms with Gasteiger partial charge in [-0.2, -0.15) is 4.98 Å². The van der Waals surface area contributed by atoms with E-state index in [1.165, 1.54) is 16.3 Å². The fraction of sp³-hybridized carbons (Fsp3) is 0.367. The van der Waals surface area contributed by atoms with Crippen molar-refractivity contribution < 1.29 is 9.90 Å². The normalized spacial score (nSPS) is 18.6. The SMILES string of the molecule is N[C@@H]1c2cccnc2CC12CCN(c1ncc(Sc3cccc(NC(=O)c4c(O)nc5n(c4=O)CCCC5)c3Cl)nn1)CC2. The van der Waals surface area contributed by atoms with Crippen LogP contribution in [0, 0.1) is 5.41 Å². The Bertz CT molecular complexity index is 1810. The number of aromatic nitrogens is 6. The number of anilines is 2. The van der Waals surface area contributed by atoms with E-state index >= 15 is 0 Å². The molecule has 0 radical (unpaired) electrons. The second-order valence-corrected chi connectivity index (χ2v) is 12.9. The Morgan fingerprint density at radius 3 is 2.73 bits per heavy atom. The number of halogens is 1. The van der Waals surface area contributed by atoms with Crippen molar-refractivity contribution in [2.45, 2.75) is 61.0 Å². The molecule has 226 valence electrons. The highest BCUT2D eigenvalue weighted by molar-refractivity contribution is 7.99. The third-order valence-electron chi connectivity index (χ3n) is 8.92. The zero-order valence-corrected chi connectivity index (χ0v) is 25.3. The summed E-state index contributed by atoms with van der Waals surface area (Å²) in [6, 6.07) is 9.15. The van der Waals surface area contributed by atoms with Crippen LogP contribution in [0.25, 0.3) is 0 Å². The van der Waals surface area contributed by atoms with E-state index < -0.39 is 22.9 Å². The minimum Gasteiger partial charge on any atom is -0.493 e. The summed E-state index contributed by atoms with van der Waals surface area (Å²) in [6.07, 6.45) is 8.49. The monoisotopic (exact) mass is 631 g/mol. The van der Waals surface area contributed by atoms with Gasteiger partial charge in [0, 0.05) is 48.9 Å². The van der Waals surface area contributed by atoms with Gasteiger partial charge < -0.3 is 21.1 Å². The van der Waals surface area contributed by atoms with Crippen molar-refractivity contribution in [3.8, 4) is 5.88 Å². The Morgan fingerprint density at radius 1 is 1.11 bits per heavy atom. The molecule has 12 nitrogen and oxygen atoms in total. The molecule has 44 heavy (non-hydrogen) atoms. The number of piperidine rings is 1. The molecular weight excluding hydrogens is 602 g/mol. The van der Waals surface area contributed by atoms with Crippen molar-refractivity contribution in [1.82, 2.24) is 29.7 Å². The first-order valence-corrected chi connectivity index (χ1v) is 15.8. The molecule has 1 spiro atoms. The summed E-state index contributed by atoms with van der Waals surface area (Å²) in [5, 5.41) is 22.6. The highest BCUT2D eigenvalue weighted by Crippen LogP contribution is 2.50. The van der Waals surface area contributed by atoms with Gasteiger partial charge in [0.25, 0.3) is 11.5 Å². The van der Waals surface area contributed by atoms with Gasteiger partial charge >= 0.3 is 0 Å². The molecule has 3 aliphatic rings. The first-order valence-electron chi connectivity index (χ1n) is 14.6. The van der Waals surface area contributed by atoms with Gasteiger partial charge in [0.1, 0.15) is 10.9 Å². The molecule has 4 aromatic rings. The Hall–Kier alpha value is -4.07. The number of nitrogens with one attached hydrogen (secondary N) is 1. The summed E-state index contributed by atoms with van der Waals surface area (Å²) in [7, 11) is 0. The van der Waals surface area contributed by atoms with Crippen LogP contribution in [0.4, 0.5) is 11.6 Å². The van der Waals surface area contributed by atoms with Gasteiger partial charge in [0.05, 0.1) is 16.9 Å². The van der Waals surface area contributed by atoms with Crippen LogP contribution < -0.4 is 21.5 Å². The third kappa shape index (κ3) is 5.08. The second kappa shape index (κ2) is 11.5. The predicted octanol–water partition coefficient (Wildman–Crippen LogP) is 3.76. The highest BCUT2D eigenvalue weighted by Gasteiger charge is 2.46. The number of pyridine rings is 1. The van der Waals surface area contributed by atoms with Crippen molar-refractivity contribution >= 4 is 40.9 Å². The van der Waals surface area contributed by atoms with E-state index in [0.29, 0.717) is 34.7 Å². The number of nitrogens with zero attached hydrogens (tertiary/aromatic N) is 7. The van der Waals surface area contributed by atoms with Crippen molar-refractivity contribution in [3.63, 3.8) is 0 Å². The Kier molecular flexibility index (Phi) is 7.47. The zero-order valence-electron chi connectivity index (χ0n) is 23.7. The van der Waals surface area contributed by atoms with Crippen molar-refractivity contribution in [3.05, 3.63) is 80.7 Å². The molecule has 0 unspecified atom stereocenters. The molecule has 1 amide bonds. The lowest BCUT2D eigenvalue weighted by atomic mass is 9.73. The van der Waals surface area contributed by atoms with E-state index in [9.17, 15) is 14.7 Å². The lowest BCUT2D eigenvalue weighted by Gasteiger charge is -2.41. The summed E-state index contributed by atoms with van der Waals surface area (Å²) in [6.45, 7) is 2.02. The van der Waals surface area contributed by atoms with Crippen molar-refractivity contribution in [2.75, 3.05) is 23.3 Å². The first kappa shape index (κ1) is 28.7. The Labute approximate surface area is 262 Å². The number of carbonyl (C=O) groups is 1. The molecule has 1 fully saturated rings. The molecule has 1 aliphatic carbocycles. The fourth-order valence-corrected chi connectivity index (χ4v) is 7.54. The maximum absolute atomic E-state index is 13.1. The summed E-state index contributed by atoms with van der Waals surface area (Å²) in [5.74, 6) is -0.319. The highest BCUT2D eigenvalue weighted by atomic mass is 35.5. The minimum atomic E-state index is -0.780. The molecular formula is C30H30ClN9O3S. The average molecular weight is 632 g/mol. The number of hydrogen-bond donors (Lipinski definition) is 3. The van der Waals surface area contributed by atoms with Gasteiger partial charge in [-0.3, -0.25) is 19.1 Å². The molecule has 5 heterocycles. The van der Waals surface area contributed by atoms with Crippen LogP contribution in [0.5, 0.6) is 5.88 Å². The molecule has 3 aromatic heterocycles. The predicted molar refractivity (Wildman–Crippen MR) is 165 cm³/mol. The van der Waals surface area contributed by atoms with Crippen LogP contribution >= 0.6 is 23.4 Å². The first-order chi connectivity index (χ1) is 21.3. The molecule has 1 aromatic carbocycles. The van der Waals surface area contributed by atoms with E-state index in [4.69, 9.17) is 17.3 Å². The number of aromatic hydroxyl groups is 1. The molecule has 0 saturated carbocycles. The molecule has 1 saturated heterocycles. The van der Waals surface area contributed by atoms with Gasteiger partial charge in [-0.05, 0) is 61.3 Å². The van der Waals surface area contributed by atoms with Crippen molar-refractivity contribution in [1.29, 1.82) is 0 Å². The lowest BCUT2D eigenvalue weighted by Crippen LogP contribution is -2.45. The molecule has 2 aliphatic heterocycles. The van der Waals surface area contributed by atoms with Crippen molar-refractivity contribution in [2.24, 2.45) is 11.1 Å². The zero-order chi connectivity index (χ0) is 30.4. The number of hydrogen-bond acceptors (Lipinski definition) is 11. The van der Waals surface area contributed by atoms with Gasteiger partial charge in [0.15, 0.2) is 5.56 Å². The Balaban J connectivity index is 1.01. The number of aryl methyl sites for hydroxylation is 1. The van der Waals surface area contributed by atoms with E-state index in [1.54, 1.807) is 24.4 Å². The molecule has 14 heteroatoms. The van der Waals surface area contributed by atoms with E-state index in [-0.39, 0.29) is 22.2 Å². The van der Waals surface area contributed by atoms with Gasteiger partial charge in [-0.15, -0.1) is 10.2 Å². The Morgan fingerprint density at radius 2 is 1.95 bits per heavy atom. The standard InChI is InChI=1S/C30H30ClN9O3S/c31-24-18(35-26(41)23-27(42)36-21-8-1-2-12-40(21)28(23)43)6-3-7-20(24)44-22-16-34-29(38-37-22)39-13-9-30(10-14-39)15-19-17(25(30)32)5-4-11-33-19/h3-7,11,16,25,42H,1-2,8-10,12-15,32H2,(H,35,41)/t25-/m1/s1. The van der Waals surface area contributed by atoms with Crippen LogP contribution in [-0.2, 0) is 19.4 Å². The van der Waals surface area contributed by atoms with Crippen LogP contribution in [0.2, 0.25) is 5.02 Å². The number of carbonyl (C=O) groups excluding carboxylic acids is 1. The number of fused-ring (bicyclic) bond motifs is 2. The smallest absolute Gasteiger partial charge is 0.270 e. The lowest BCUT2D eigenvalue weighted by molar-refractivity contribution is 0.102. The van der Waals surface area contributed by atoms with Gasteiger partial charge in [-0.1, -0.05) is 35.5 Å². The average Bonchev–Trinajstić information content (AvgIpc) is 3.30. The van der Waals surface area contributed by atoms with Crippen LogP contribution in [-0.4, -0.2) is 53.8 Å². The van der Waals surface area contributed by atoms with Gasteiger partial charge in [0.2, 0.25) is 11.8 Å². The molecule has 0 bridgehead atoms. The topological polar surface area (TPSA) is 165 Å². The number of nitrogens with two attached hydrogens (primary N) is 1. The minimum absolute atomic E-state index is 0.0108. The number of rotatable bonds is 5. The largest absolute Gasteiger partial charge is 0.493 e. The molecule has 7 rings (SSSR count). The van der Waals surface area contributed by atoms with E-state index in [1.807, 2.05) is 12.3 Å². The summed E-state index contributed by atoms with van der Waals surface area (Å²) >= 11 is 7.91. The molecule has 1 atom stereocenters. The van der Waals surface area contributed by atoms with E-state index in [0.717, 1.165) is 56.5 Å². The maximum Gasteiger partial charge on any atom is 0.270 e. The summed E-state index contributed by atoms with van der Waals surface area (Å²) < 4.78 is 1.45. The quantitative estimate of drug-likeness (QED) is 0.294. The maximum atomic E-state index is 13.1. The second-order valence-electron chi connectivity index (χ2n) is 11.5. The number of amides is 1. The number of benzene rings is 1. The van der Waals surface area contributed by atoms with Crippen LogP contribution in [0.3, 0.4) is 0 Å². The fourth-order valence-electron chi connectivity index (χ4n) is 6.49. The van der Waals surface area contributed by atoms with E-state index in [2.05, 4.69) is 41.4 Å². The van der Waals surface area contributed by atoms with Crippen LogP contribution in [0.1, 0.15) is 59.2 Å². The molecule has 4 N–H and O–H groups in total. The summed E-state index contributed by atoms with van der Waals surface area (Å²) in [5.41, 5.74) is 8.27. The van der Waals surface area contributed by atoms with Gasteiger partial charge in [-0.25, -0.2) is 4.98 Å². The third-order valence-corrected chi connectivity index (χ3v) is 10.4. The van der Waals surface area contributed by atoms with Crippen LogP contribution in [0.15, 0.2) is 57.4 Å².